The van der Waals surface area contributed by atoms with E-state index in [1.54, 1.807) is 0 Å². The molecule has 1 atom stereocenters. The second-order valence-corrected chi connectivity index (χ2v) is 3.18. The van der Waals surface area contributed by atoms with E-state index < -0.39 is 17.8 Å². The second-order valence-electron chi connectivity index (χ2n) is 3.18. The van der Waals surface area contributed by atoms with Crippen LogP contribution in [0.5, 0.6) is 0 Å². The molecule has 0 aliphatic carbocycles. The number of aliphatic hydroxyl groups excluding tert-OH is 1. The number of hydrogen-bond donors (Lipinski definition) is 2. The van der Waals surface area contributed by atoms with Crippen molar-refractivity contribution in [1.29, 1.82) is 0 Å². The van der Waals surface area contributed by atoms with Gasteiger partial charge in [0.15, 0.2) is 0 Å². The van der Waals surface area contributed by atoms with Gasteiger partial charge in [-0.15, -0.1) is 0 Å². The molecule has 0 fully saturated rings. The molecule has 15 heavy (non-hydrogen) atoms. The maximum Gasteiger partial charge on any atom is 0.416 e. The molecule has 1 aromatic carbocycles. The standard InChI is InChI=1S/C10H12F3NO/c11-10(12,13)8-4-2-1-3-7(8)9(15)5-6-14/h1-4,9,15H,5-6,14H2. The van der Waals surface area contributed by atoms with E-state index in [4.69, 9.17) is 5.73 Å². The van der Waals surface area contributed by atoms with Crippen molar-refractivity contribution in [3.8, 4) is 0 Å². The molecule has 1 rings (SSSR count). The van der Waals surface area contributed by atoms with Crippen molar-refractivity contribution in [3.63, 3.8) is 0 Å². The molecular formula is C10H12F3NO. The van der Waals surface area contributed by atoms with E-state index in [1.807, 2.05) is 0 Å². The van der Waals surface area contributed by atoms with Crippen LogP contribution in [-0.2, 0) is 6.18 Å². The first-order valence-electron chi connectivity index (χ1n) is 4.51. The summed E-state index contributed by atoms with van der Waals surface area (Å²) in [5.41, 5.74) is 4.27. The SMILES string of the molecule is NCCC(O)c1ccccc1C(F)(F)F. The first kappa shape index (κ1) is 12.0. The molecule has 0 aromatic heterocycles. The summed E-state index contributed by atoms with van der Waals surface area (Å²) in [5.74, 6) is 0. The van der Waals surface area contributed by atoms with Crippen LogP contribution in [0.25, 0.3) is 0 Å². The predicted octanol–water partition coefficient (Wildman–Crippen LogP) is 2.09. The number of aliphatic hydroxyl groups is 1. The molecule has 3 N–H and O–H groups in total. The van der Waals surface area contributed by atoms with Crippen LogP contribution in [0, 0.1) is 0 Å². The smallest absolute Gasteiger partial charge is 0.388 e. The van der Waals surface area contributed by atoms with Gasteiger partial charge in [-0.3, -0.25) is 0 Å². The Morgan fingerprint density at radius 1 is 1.27 bits per heavy atom. The summed E-state index contributed by atoms with van der Waals surface area (Å²) in [4.78, 5) is 0. The number of benzene rings is 1. The average Bonchev–Trinajstić information content (AvgIpc) is 2.17. The average molecular weight is 219 g/mol. The van der Waals surface area contributed by atoms with Gasteiger partial charge in [-0.2, -0.15) is 13.2 Å². The Balaban J connectivity index is 3.06. The highest BCUT2D eigenvalue weighted by molar-refractivity contribution is 5.31. The molecular weight excluding hydrogens is 207 g/mol. The molecule has 0 heterocycles. The van der Waals surface area contributed by atoms with E-state index in [0.717, 1.165) is 6.07 Å². The highest BCUT2D eigenvalue weighted by Crippen LogP contribution is 2.34. The zero-order valence-electron chi connectivity index (χ0n) is 7.96. The number of rotatable bonds is 3. The van der Waals surface area contributed by atoms with Gasteiger partial charge in [-0.05, 0) is 24.6 Å². The van der Waals surface area contributed by atoms with Crippen LogP contribution in [0.15, 0.2) is 24.3 Å². The minimum absolute atomic E-state index is 0.115. The van der Waals surface area contributed by atoms with Crippen molar-refractivity contribution < 1.29 is 18.3 Å². The zero-order chi connectivity index (χ0) is 11.5. The largest absolute Gasteiger partial charge is 0.416 e. The highest BCUT2D eigenvalue weighted by atomic mass is 19.4. The first-order chi connectivity index (χ1) is 6.96. The number of hydrogen-bond acceptors (Lipinski definition) is 2. The lowest BCUT2D eigenvalue weighted by molar-refractivity contribution is -0.139. The summed E-state index contributed by atoms with van der Waals surface area (Å²) in [6, 6.07) is 4.98. The lowest BCUT2D eigenvalue weighted by Gasteiger charge is -2.16. The van der Waals surface area contributed by atoms with Gasteiger partial charge in [0.05, 0.1) is 11.7 Å². The van der Waals surface area contributed by atoms with Gasteiger partial charge in [-0.1, -0.05) is 18.2 Å². The molecule has 0 spiro atoms. The van der Waals surface area contributed by atoms with Crippen molar-refractivity contribution in [3.05, 3.63) is 35.4 Å². The third-order valence-corrected chi connectivity index (χ3v) is 2.07. The second kappa shape index (κ2) is 4.63. The minimum atomic E-state index is -4.44. The fraction of sp³-hybridized carbons (Fsp3) is 0.400. The Labute approximate surface area is 85.5 Å². The van der Waals surface area contributed by atoms with Crippen LogP contribution in [0.4, 0.5) is 13.2 Å². The number of nitrogens with two attached hydrogens (primary N) is 1. The monoisotopic (exact) mass is 219 g/mol. The van der Waals surface area contributed by atoms with E-state index in [9.17, 15) is 18.3 Å². The Hall–Kier alpha value is -1.07. The molecule has 84 valence electrons. The summed E-state index contributed by atoms with van der Waals surface area (Å²) >= 11 is 0. The Kier molecular flexibility index (Phi) is 3.71. The maximum absolute atomic E-state index is 12.5. The van der Waals surface area contributed by atoms with Gasteiger partial charge in [0, 0.05) is 0 Å². The normalized spacial score (nSPS) is 13.9. The highest BCUT2D eigenvalue weighted by Gasteiger charge is 2.34. The van der Waals surface area contributed by atoms with Gasteiger partial charge in [0.1, 0.15) is 0 Å². The van der Waals surface area contributed by atoms with E-state index in [-0.39, 0.29) is 18.5 Å². The molecule has 0 amide bonds. The van der Waals surface area contributed by atoms with Crippen LogP contribution in [0.1, 0.15) is 23.7 Å². The number of halogens is 3. The Morgan fingerprint density at radius 2 is 1.87 bits per heavy atom. The molecule has 5 heteroatoms. The van der Waals surface area contributed by atoms with Gasteiger partial charge >= 0.3 is 6.18 Å². The molecule has 0 radical (unpaired) electrons. The maximum atomic E-state index is 12.5. The van der Waals surface area contributed by atoms with E-state index in [0.29, 0.717) is 0 Å². The fourth-order valence-corrected chi connectivity index (χ4v) is 1.36. The molecule has 0 bridgehead atoms. The van der Waals surface area contributed by atoms with Crippen LogP contribution in [-0.4, -0.2) is 11.7 Å². The Morgan fingerprint density at radius 3 is 2.40 bits per heavy atom. The third-order valence-electron chi connectivity index (χ3n) is 2.07. The zero-order valence-corrected chi connectivity index (χ0v) is 7.96. The van der Waals surface area contributed by atoms with Crippen molar-refractivity contribution in [1.82, 2.24) is 0 Å². The summed E-state index contributed by atoms with van der Waals surface area (Å²) in [5, 5.41) is 9.48. The molecule has 0 aliphatic heterocycles. The summed E-state index contributed by atoms with van der Waals surface area (Å²) < 4.78 is 37.5. The predicted molar refractivity (Wildman–Crippen MR) is 50.1 cm³/mol. The topological polar surface area (TPSA) is 46.2 Å². The van der Waals surface area contributed by atoms with Crippen molar-refractivity contribution in [2.45, 2.75) is 18.7 Å². The van der Waals surface area contributed by atoms with Crippen LogP contribution in [0.3, 0.4) is 0 Å². The van der Waals surface area contributed by atoms with Crippen LogP contribution < -0.4 is 5.73 Å². The van der Waals surface area contributed by atoms with Crippen molar-refractivity contribution >= 4 is 0 Å². The molecule has 1 aromatic rings. The number of alkyl halides is 3. The quantitative estimate of drug-likeness (QED) is 0.817. The van der Waals surface area contributed by atoms with Crippen LogP contribution in [0.2, 0.25) is 0 Å². The third kappa shape index (κ3) is 2.94. The van der Waals surface area contributed by atoms with E-state index >= 15 is 0 Å². The Bertz CT molecular complexity index is 325. The molecule has 2 nitrogen and oxygen atoms in total. The molecule has 0 aliphatic rings. The summed E-state index contributed by atoms with van der Waals surface area (Å²) in [6.07, 6.45) is -5.48. The van der Waals surface area contributed by atoms with E-state index in [1.165, 1.54) is 18.2 Å². The minimum Gasteiger partial charge on any atom is -0.388 e. The fourth-order valence-electron chi connectivity index (χ4n) is 1.36. The molecule has 0 saturated heterocycles. The van der Waals surface area contributed by atoms with Crippen molar-refractivity contribution in [2.24, 2.45) is 5.73 Å². The molecule has 0 saturated carbocycles. The van der Waals surface area contributed by atoms with E-state index in [2.05, 4.69) is 0 Å². The lowest BCUT2D eigenvalue weighted by Crippen LogP contribution is -2.14. The summed E-state index contributed by atoms with van der Waals surface area (Å²) in [7, 11) is 0. The summed E-state index contributed by atoms with van der Waals surface area (Å²) in [6.45, 7) is 0.146. The van der Waals surface area contributed by atoms with Gasteiger partial charge < -0.3 is 10.8 Å². The van der Waals surface area contributed by atoms with Crippen LogP contribution >= 0.6 is 0 Å². The van der Waals surface area contributed by atoms with Gasteiger partial charge in [0.25, 0.3) is 0 Å². The van der Waals surface area contributed by atoms with Gasteiger partial charge in [-0.25, -0.2) is 0 Å². The van der Waals surface area contributed by atoms with Gasteiger partial charge in [0.2, 0.25) is 0 Å². The lowest BCUT2D eigenvalue weighted by atomic mass is 10.00. The van der Waals surface area contributed by atoms with Crippen molar-refractivity contribution in [2.75, 3.05) is 6.54 Å². The first-order valence-corrected chi connectivity index (χ1v) is 4.51. The molecule has 1 unspecified atom stereocenters.